The minimum Gasteiger partial charge on any atom is -0.495 e. The smallest absolute Gasteiger partial charge is 0.256 e. The quantitative estimate of drug-likeness (QED) is 0.868. The summed E-state index contributed by atoms with van der Waals surface area (Å²) < 4.78 is 3.97. The van der Waals surface area contributed by atoms with Crippen molar-refractivity contribution in [2.45, 2.75) is 23.7 Å². The summed E-state index contributed by atoms with van der Waals surface area (Å²) in [7, 11) is 1.65. The van der Waals surface area contributed by atoms with E-state index in [-0.39, 0.29) is 11.9 Å². The number of carbonyl (C=O) groups is 1. The monoisotopic (exact) mass is 316 g/mol. The van der Waals surface area contributed by atoms with E-state index in [1.54, 1.807) is 7.11 Å². The molecule has 1 aliphatic rings. The largest absolute Gasteiger partial charge is 0.495 e. The van der Waals surface area contributed by atoms with Crippen molar-refractivity contribution < 1.29 is 9.53 Å². The molecular weight excluding hydrogens is 299 g/mol. The van der Waals surface area contributed by atoms with Crippen LogP contribution in [0.3, 0.4) is 0 Å². The highest BCUT2D eigenvalue weighted by Gasteiger charge is 2.32. The second-order valence-electron chi connectivity index (χ2n) is 4.97. The van der Waals surface area contributed by atoms with Crippen molar-refractivity contribution in [2.24, 2.45) is 0 Å². The number of rotatable bonds is 4. The van der Waals surface area contributed by atoms with Crippen LogP contribution in [0.5, 0.6) is 5.75 Å². The molecule has 1 atom stereocenters. The standard InChI is InChI=1S/C14H18Cl2N2O2/c1-14(15,16)13(19)17-10-7-8-18(9-10)11-5-3-4-6-12(11)20-2/h3-6,10H,7-9H2,1-2H3,(H,17,19). The summed E-state index contributed by atoms with van der Waals surface area (Å²) in [5.74, 6) is 0.478. The number of carbonyl (C=O) groups excluding carboxylic acids is 1. The molecule has 0 aliphatic carbocycles. The Bertz CT molecular complexity index is 488. The van der Waals surface area contributed by atoms with Gasteiger partial charge in [-0.25, -0.2) is 0 Å². The Hall–Kier alpha value is -1.13. The van der Waals surface area contributed by atoms with Gasteiger partial charge in [-0.15, -0.1) is 0 Å². The fraction of sp³-hybridized carbons (Fsp3) is 0.500. The summed E-state index contributed by atoms with van der Waals surface area (Å²) in [6, 6.07) is 7.89. The van der Waals surface area contributed by atoms with Crippen molar-refractivity contribution in [1.29, 1.82) is 0 Å². The van der Waals surface area contributed by atoms with Crippen molar-refractivity contribution in [2.75, 3.05) is 25.1 Å². The third-order valence-electron chi connectivity index (χ3n) is 3.35. The fourth-order valence-electron chi connectivity index (χ4n) is 2.30. The van der Waals surface area contributed by atoms with Crippen LogP contribution in [0, 0.1) is 0 Å². The number of amides is 1. The van der Waals surface area contributed by atoms with E-state index in [0.717, 1.165) is 30.9 Å². The Balaban J connectivity index is 2.01. The molecule has 0 spiro atoms. The normalized spacial score (nSPS) is 19.0. The predicted octanol–water partition coefficient (Wildman–Crippen LogP) is 2.58. The zero-order chi connectivity index (χ0) is 14.8. The van der Waals surface area contributed by atoms with Crippen LogP contribution in [0.15, 0.2) is 24.3 Å². The van der Waals surface area contributed by atoms with Gasteiger partial charge in [-0.2, -0.15) is 0 Å². The predicted molar refractivity (Wildman–Crippen MR) is 81.9 cm³/mol. The van der Waals surface area contributed by atoms with Crippen molar-refractivity contribution >= 4 is 34.8 Å². The van der Waals surface area contributed by atoms with Crippen LogP contribution in [0.1, 0.15) is 13.3 Å². The first-order chi connectivity index (χ1) is 9.41. The van der Waals surface area contributed by atoms with Gasteiger partial charge in [0.1, 0.15) is 5.75 Å². The molecule has 110 valence electrons. The molecule has 20 heavy (non-hydrogen) atoms. The van der Waals surface area contributed by atoms with Gasteiger partial charge in [0.25, 0.3) is 5.91 Å². The van der Waals surface area contributed by atoms with E-state index >= 15 is 0 Å². The summed E-state index contributed by atoms with van der Waals surface area (Å²) in [4.78, 5) is 14.0. The third kappa shape index (κ3) is 3.49. The zero-order valence-electron chi connectivity index (χ0n) is 11.5. The van der Waals surface area contributed by atoms with E-state index in [1.807, 2.05) is 24.3 Å². The number of hydrogen-bond acceptors (Lipinski definition) is 3. The van der Waals surface area contributed by atoms with Gasteiger partial charge in [0.2, 0.25) is 0 Å². The lowest BCUT2D eigenvalue weighted by molar-refractivity contribution is -0.122. The Labute approximate surface area is 129 Å². The molecule has 0 aromatic heterocycles. The molecule has 1 aromatic rings. The van der Waals surface area contributed by atoms with Gasteiger partial charge in [-0.3, -0.25) is 4.79 Å². The molecule has 2 rings (SSSR count). The topological polar surface area (TPSA) is 41.6 Å². The van der Waals surface area contributed by atoms with Crippen LogP contribution >= 0.6 is 23.2 Å². The van der Waals surface area contributed by atoms with Gasteiger partial charge in [0, 0.05) is 19.1 Å². The van der Waals surface area contributed by atoms with Crippen molar-refractivity contribution in [3.8, 4) is 5.75 Å². The van der Waals surface area contributed by atoms with Gasteiger partial charge in [-0.1, -0.05) is 35.3 Å². The fourth-order valence-corrected chi connectivity index (χ4v) is 2.41. The molecule has 1 amide bonds. The van der Waals surface area contributed by atoms with E-state index in [4.69, 9.17) is 27.9 Å². The highest BCUT2D eigenvalue weighted by atomic mass is 35.5. The molecule has 1 N–H and O–H groups in total. The number of hydrogen-bond donors (Lipinski definition) is 1. The zero-order valence-corrected chi connectivity index (χ0v) is 13.0. The molecule has 1 heterocycles. The van der Waals surface area contributed by atoms with E-state index < -0.39 is 4.33 Å². The average Bonchev–Trinajstić information content (AvgIpc) is 2.86. The summed E-state index contributed by atoms with van der Waals surface area (Å²) in [6.07, 6.45) is 0.855. The van der Waals surface area contributed by atoms with E-state index in [9.17, 15) is 4.79 Å². The molecule has 6 heteroatoms. The highest BCUT2D eigenvalue weighted by molar-refractivity contribution is 6.57. The van der Waals surface area contributed by atoms with Gasteiger partial charge < -0.3 is 15.0 Å². The van der Waals surface area contributed by atoms with E-state index in [2.05, 4.69) is 10.2 Å². The summed E-state index contributed by atoms with van der Waals surface area (Å²) in [5.41, 5.74) is 1.03. The first-order valence-corrected chi connectivity index (χ1v) is 7.24. The second kappa shape index (κ2) is 6.10. The van der Waals surface area contributed by atoms with Crippen molar-refractivity contribution in [1.82, 2.24) is 5.32 Å². The van der Waals surface area contributed by atoms with Crippen molar-refractivity contribution in [3.05, 3.63) is 24.3 Å². The maximum absolute atomic E-state index is 11.8. The van der Waals surface area contributed by atoms with Crippen LogP contribution in [0.25, 0.3) is 0 Å². The van der Waals surface area contributed by atoms with Gasteiger partial charge in [0.05, 0.1) is 12.8 Å². The molecule has 0 radical (unpaired) electrons. The molecular formula is C14H18Cl2N2O2. The highest BCUT2D eigenvalue weighted by Crippen LogP contribution is 2.30. The van der Waals surface area contributed by atoms with Crippen LogP contribution in [0.4, 0.5) is 5.69 Å². The molecule has 1 aliphatic heterocycles. The number of methoxy groups -OCH3 is 1. The van der Waals surface area contributed by atoms with Crippen LogP contribution < -0.4 is 15.0 Å². The lowest BCUT2D eigenvalue weighted by atomic mass is 10.2. The maximum Gasteiger partial charge on any atom is 0.256 e. The second-order valence-corrected chi connectivity index (χ2v) is 6.67. The SMILES string of the molecule is COc1ccccc1N1CCC(NC(=O)C(C)(Cl)Cl)C1. The lowest BCUT2D eigenvalue weighted by Crippen LogP contribution is -2.44. The number of ether oxygens (including phenoxy) is 1. The molecule has 4 nitrogen and oxygen atoms in total. The Morgan fingerprint density at radius 2 is 2.15 bits per heavy atom. The lowest BCUT2D eigenvalue weighted by Gasteiger charge is -2.22. The summed E-state index contributed by atoms with van der Waals surface area (Å²) in [6.45, 7) is 3.04. The molecule has 1 fully saturated rings. The number of alkyl halides is 2. The number of nitrogens with one attached hydrogen (secondary N) is 1. The Morgan fingerprint density at radius 3 is 2.80 bits per heavy atom. The first-order valence-electron chi connectivity index (χ1n) is 6.48. The van der Waals surface area contributed by atoms with Crippen molar-refractivity contribution in [3.63, 3.8) is 0 Å². The number of nitrogens with zero attached hydrogens (tertiary/aromatic N) is 1. The van der Waals surface area contributed by atoms with Crippen LogP contribution in [-0.4, -0.2) is 36.5 Å². The van der Waals surface area contributed by atoms with E-state index in [0.29, 0.717) is 0 Å². The van der Waals surface area contributed by atoms with Gasteiger partial charge in [-0.05, 0) is 25.5 Å². The molecule has 1 unspecified atom stereocenters. The summed E-state index contributed by atoms with van der Waals surface area (Å²) in [5, 5.41) is 2.87. The van der Waals surface area contributed by atoms with Crippen LogP contribution in [-0.2, 0) is 4.79 Å². The molecule has 1 saturated heterocycles. The third-order valence-corrected chi connectivity index (χ3v) is 3.69. The number of benzene rings is 1. The Kier molecular flexibility index (Phi) is 4.66. The molecule has 1 aromatic carbocycles. The average molecular weight is 317 g/mol. The van der Waals surface area contributed by atoms with Gasteiger partial charge in [0.15, 0.2) is 4.33 Å². The maximum atomic E-state index is 11.8. The first kappa shape index (κ1) is 15.3. The minimum absolute atomic E-state index is 0.0456. The van der Waals surface area contributed by atoms with Gasteiger partial charge >= 0.3 is 0 Å². The van der Waals surface area contributed by atoms with E-state index in [1.165, 1.54) is 6.92 Å². The Morgan fingerprint density at radius 1 is 1.45 bits per heavy atom. The minimum atomic E-state index is -1.39. The summed E-state index contributed by atoms with van der Waals surface area (Å²) >= 11 is 11.6. The molecule has 0 bridgehead atoms. The number of para-hydroxylation sites is 2. The molecule has 0 saturated carbocycles. The number of halogens is 2. The van der Waals surface area contributed by atoms with Crippen LogP contribution in [0.2, 0.25) is 0 Å². The number of anilines is 1.